The first kappa shape index (κ1) is 14.8. The van der Waals surface area contributed by atoms with E-state index in [-0.39, 0.29) is 11.6 Å². The predicted molar refractivity (Wildman–Crippen MR) is 64.8 cm³/mol. The lowest BCUT2D eigenvalue weighted by molar-refractivity contribution is -0.140. The largest absolute Gasteiger partial charge is 0.419 e. The lowest BCUT2D eigenvalue weighted by Crippen LogP contribution is -2.45. The van der Waals surface area contributed by atoms with Crippen molar-refractivity contribution in [3.05, 3.63) is 35.1 Å². The molecule has 0 radical (unpaired) electrons. The van der Waals surface area contributed by atoms with Gasteiger partial charge >= 0.3 is 6.18 Å². The number of amides is 1. The fraction of sp³-hybridized carbons (Fsp3) is 0.462. The minimum Gasteiger partial charge on any atom is -0.348 e. The summed E-state index contributed by atoms with van der Waals surface area (Å²) in [7, 11) is 0. The Morgan fingerprint density at radius 1 is 1.35 bits per heavy atom. The third-order valence-electron chi connectivity index (χ3n) is 3.17. The first-order chi connectivity index (χ1) is 9.38. The number of hydrogen-bond donors (Lipinski definition) is 2. The molecule has 2 N–H and O–H groups in total. The monoisotopic (exact) mass is 290 g/mol. The quantitative estimate of drug-likeness (QED) is 0.821. The number of benzene rings is 1. The molecule has 0 unspecified atom stereocenters. The summed E-state index contributed by atoms with van der Waals surface area (Å²) in [6.45, 7) is 1.44. The lowest BCUT2D eigenvalue weighted by Gasteiger charge is -2.24. The standard InChI is InChI=1S/C13H14F4N2O/c14-11-4-3-8(6-10(11)13(15,16)17)12(20)19-9-2-1-5-18-7-9/h3-4,6,9,18H,1-2,5,7H2,(H,19,20)/t9-/m1/s1. The molecule has 1 saturated heterocycles. The van der Waals surface area contributed by atoms with Crippen molar-refractivity contribution in [2.75, 3.05) is 13.1 Å². The van der Waals surface area contributed by atoms with Gasteiger partial charge in [0, 0.05) is 18.2 Å². The van der Waals surface area contributed by atoms with E-state index < -0.39 is 23.5 Å². The average Bonchev–Trinajstić information content (AvgIpc) is 2.39. The van der Waals surface area contributed by atoms with Crippen LogP contribution >= 0.6 is 0 Å². The predicted octanol–water partition coefficient (Wildman–Crippen LogP) is 2.33. The van der Waals surface area contributed by atoms with Crippen LogP contribution in [0.25, 0.3) is 0 Å². The van der Waals surface area contributed by atoms with E-state index in [1.807, 2.05) is 0 Å². The second-order valence-corrected chi connectivity index (χ2v) is 4.71. The zero-order valence-corrected chi connectivity index (χ0v) is 10.6. The zero-order valence-electron chi connectivity index (χ0n) is 10.6. The van der Waals surface area contributed by atoms with Crippen molar-refractivity contribution < 1.29 is 22.4 Å². The molecule has 1 aliphatic heterocycles. The topological polar surface area (TPSA) is 41.1 Å². The second kappa shape index (κ2) is 5.78. The van der Waals surface area contributed by atoms with Crippen LogP contribution in [0.5, 0.6) is 0 Å². The molecule has 0 aromatic heterocycles. The molecule has 1 aromatic carbocycles. The highest BCUT2D eigenvalue weighted by Crippen LogP contribution is 2.31. The van der Waals surface area contributed by atoms with Gasteiger partial charge < -0.3 is 10.6 Å². The molecule has 1 aromatic rings. The first-order valence-corrected chi connectivity index (χ1v) is 6.26. The maximum absolute atomic E-state index is 13.1. The van der Waals surface area contributed by atoms with Crippen LogP contribution in [0.15, 0.2) is 18.2 Å². The van der Waals surface area contributed by atoms with Gasteiger partial charge in [0.25, 0.3) is 5.91 Å². The molecule has 20 heavy (non-hydrogen) atoms. The minimum absolute atomic E-state index is 0.115. The van der Waals surface area contributed by atoms with E-state index >= 15 is 0 Å². The van der Waals surface area contributed by atoms with E-state index in [9.17, 15) is 22.4 Å². The van der Waals surface area contributed by atoms with Crippen LogP contribution in [-0.4, -0.2) is 25.0 Å². The van der Waals surface area contributed by atoms with Gasteiger partial charge in [-0.2, -0.15) is 13.2 Å². The number of hydrogen-bond acceptors (Lipinski definition) is 2. The molecule has 1 aliphatic rings. The summed E-state index contributed by atoms with van der Waals surface area (Å²) < 4.78 is 50.8. The van der Waals surface area contributed by atoms with Gasteiger partial charge in [-0.15, -0.1) is 0 Å². The molecule has 0 spiro atoms. The van der Waals surface area contributed by atoms with Gasteiger partial charge in [-0.25, -0.2) is 4.39 Å². The smallest absolute Gasteiger partial charge is 0.348 e. The van der Waals surface area contributed by atoms with Crippen molar-refractivity contribution >= 4 is 5.91 Å². The van der Waals surface area contributed by atoms with E-state index in [4.69, 9.17) is 0 Å². The van der Waals surface area contributed by atoms with Gasteiger partial charge in [0.05, 0.1) is 5.56 Å². The van der Waals surface area contributed by atoms with Crippen LogP contribution in [0.1, 0.15) is 28.8 Å². The van der Waals surface area contributed by atoms with Crippen molar-refractivity contribution in [2.24, 2.45) is 0 Å². The Hall–Kier alpha value is -1.63. The van der Waals surface area contributed by atoms with Gasteiger partial charge in [-0.1, -0.05) is 0 Å². The highest BCUT2D eigenvalue weighted by Gasteiger charge is 2.34. The summed E-state index contributed by atoms with van der Waals surface area (Å²) in [5, 5.41) is 5.72. The van der Waals surface area contributed by atoms with E-state index in [1.165, 1.54) is 0 Å². The van der Waals surface area contributed by atoms with Crippen molar-refractivity contribution in [1.82, 2.24) is 10.6 Å². The normalized spacial score (nSPS) is 19.7. The summed E-state index contributed by atoms with van der Waals surface area (Å²) in [6.07, 6.45) is -3.15. The highest BCUT2D eigenvalue weighted by atomic mass is 19.4. The van der Waals surface area contributed by atoms with Crippen LogP contribution in [0, 0.1) is 5.82 Å². The first-order valence-electron chi connectivity index (χ1n) is 6.26. The Bertz CT molecular complexity index is 496. The number of alkyl halides is 3. The van der Waals surface area contributed by atoms with Gasteiger partial charge in [0.15, 0.2) is 0 Å². The Labute approximate surface area is 113 Å². The van der Waals surface area contributed by atoms with Crippen LogP contribution < -0.4 is 10.6 Å². The Morgan fingerprint density at radius 3 is 2.70 bits per heavy atom. The Kier molecular flexibility index (Phi) is 4.27. The van der Waals surface area contributed by atoms with Crippen LogP contribution in [0.4, 0.5) is 17.6 Å². The molecule has 0 saturated carbocycles. The number of carbonyl (C=O) groups excluding carboxylic acids is 1. The molecule has 110 valence electrons. The highest BCUT2D eigenvalue weighted by molar-refractivity contribution is 5.94. The summed E-state index contributed by atoms with van der Waals surface area (Å²) >= 11 is 0. The van der Waals surface area contributed by atoms with Crippen LogP contribution in [0.2, 0.25) is 0 Å². The number of nitrogens with one attached hydrogen (secondary N) is 2. The molecule has 3 nitrogen and oxygen atoms in total. The molecule has 1 fully saturated rings. The van der Waals surface area contributed by atoms with E-state index in [0.29, 0.717) is 18.7 Å². The van der Waals surface area contributed by atoms with Crippen LogP contribution in [-0.2, 0) is 6.18 Å². The third kappa shape index (κ3) is 3.47. The maximum atomic E-state index is 13.1. The summed E-state index contributed by atoms with van der Waals surface area (Å²) in [4.78, 5) is 11.9. The minimum atomic E-state index is -4.81. The van der Waals surface area contributed by atoms with Crippen molar-refractivity contribution in [3.63, 3.8) is 0 Å². The molecule has 0 bridgehead atoms. The SMILES string of the molecule is O=C(N[C@@H]1CCCNC1)c1ccc(F)c(C(F)(F)F)c1. The van der Waals surface area contributed by atoms with Crippen molar-refractivity contribution in [2.45, 2.75) is 25.1 Å². The third-order valence-corrected chi connectivity index (χ3v) is 3.17. The van der Waals surface area contributed by atoms with E-state index in [2.05, 4.69) is 10.6 Å². The number of piperidine rings is 1. The van der Waals surface area contributed by atoms with E-state index in [0.717, 1.165) is 25.5 Å². The van der Waals surface area contributed by atoms with E-state index in [1.54, 1.807) is 0 Å². The maximum Gasteiger partial charge on any atom is 0.419 e. The molecule has 1 heterocycles. The molecule has 0 aliphatic carbocycles. The van der Waals surface area contributed by atoms with Crippen molar-refractivity contribution in [3.8, 4) is 0 Å². The summed E-state index contributed by atoms with van der Waals surface area (Å²) in [6, 6.07) is 2.14. The molecule has 1 atom stereocenters. The number of rotatable bonds is 2. The second-order valence-electron chi connectivity index (χ2n) is 4.71. The summed E-state index contributed by atoms with van der Waals surface area (Å²) in [5.41, 5.74) is -1.61. The Balaban J connectivity index is 2.13. The molecule has 1 amide bonds. The fourth-order valence-electron chi connectivity index (χ4n) is 2.13. The van der Waals surface area contributed by atoms with Crippen molar-refractivity contribution in [1.29, 1.82) is 0 Å². The molecular formula is C13H14F4N2O. The lowest BCUT2D eigenvalue weighted by atomic mass is 10.1. The zero-order chi connectivity index (χ0) is 14.8. The van der Waals surface area contributed by atoms with Gasteiger partial charge in [-0.05, 0) is 37.6 Å². The van der Waals surface area contributed by atoms with Gasteiger partial charge in [0.1, 0.15) is 5.82 Å². The number of halogens is 4. The molecule has 2 rings (SSSR count). The molecule has 7 heteroatoms. The van der Waals surface area contributed by atoms with Crippen LogP contribution in [0.3, 0.4) is 0 Å². The van der Waals surface area contributed by atoms with Gasteiger partial charge in [0.2, 0.25) is 0 Å². The molecular weight excluding hydrogens is 276 g/mol. The fourth-order valence-corrected chi connectivity index (χ4v) is 2.13. The summed E-state index contributed by atoms with van der Waals surface area (Å²) in [5.74, 6) is -2.00. The average molecular weight is 290 g/mol. The number of carbonyl (C=O) groups is 1. The Morgan fingerprint density at radius 2 is 2.10 bits per heavy atom. The van der Waals surface area contributed by atoms with Gasteiger partial charge in [-0.3, -0.25) is 4.79 Å².